The Kier molecular flexibility index (Phi) is 2.74. The molecule has 0 aromatic carbocycles. The van der Waals surface area contributed by atoms with Gasteiger partial charge < -0.3 is 10.0 Å². The average molecular weight is 276 g/mol. The molecule has 1 N–H and O–H groups in total. The van der Waals surface area contributed by atoms with Gasteiger partial charge in [0.2, 0.25) is 0 Å². The highest BCUT2D eigenvalue weighted by Gasteiger charge is 2.34. The molecule has 3 heterocycles. The Morgan fingerprint density at radius 3 is 2.70 bits per heavy atom. The maximum absolute atomic E-state index is 12.1. The topological polar surface area (TPSA) is 106 Å². The second kappa shape index (κ2) is 4.44. The molecule has 20 heavy (non-hydrogen) atoms. The Morgan fingerprint density at radius 2 is 2.15 bits per heavy atom. The van der Waals surface area contributed by atoms with Gasteiger partial charge in [-0.2, -0.15) is 5.10 Å². The standard InChI is InChI=1S/C11H12N6O3/c1-15-9(2-3-12-15)10(18)16-4-7(5-16)17-6-8(11(19)20)13-14-17/h2-3,6-7H,4-5H2,1H3,(H,19,20). The molecule has 1 saturated heterocycles. The normalized spacial score (nSPS) is 15.2. The number of carboxylic acids is 1. The van der Waals surface area contributed by atoms with Crippen LogP contribution < -0.4 is 0 Å². The van der Waals surface area contributed by atoms with Crippen molar-refractivity contribution in [2.45, 2.75) is 6.04 Å². The first-order chi connectivity index (χ1) is 9.56. The number of aromatic carboxylic acids is 1. The van der Waals surface area contributed by atoms with Crippen molar-refractivity contribution in [2.24, 2.45) is 7.05 Å². The molecule has 104 valence electrons. The van der Waals surface area contributed by atoms with Crippen LogP contribution in [-0.2, 0) is 7.05 Å². The summed E-state index contributed by atoms with van der Waals surface area (Å²) >= 11 is 0. The SMILES string of the molecule is Cn1nccc1C(=O)N1CC(n2cc(C(=O)O)nn2)C1. The Balaban J connectivity index is 1.65. The molecule has 1 aliphatic heterocycles. The summed E-state index contributed by atoms with van der Waals surface area (Å²) in [5.74, 6) is -1.21. The predicted octanol–water partition coefficient (Wildman–Crippen LogP) is -0.593. The maximum atomic E-state index is 12.1. The van der Waals surface area contributed by atoms with E-state index in [0.29, 0.717) is 18.8 Å². The quantitative estimate of drug-likeness (QED) is 0.802. The summed E-state index contributed by atoms with van der Waals surface area (Å²) in [6.07, 6.45) is 2.94. The molecule has 1 fully saturated rings. The van der Waals surface area contributed by atoms with Crippen molar-refractivity contribution in [3.05, 3.63) is 29.8 Å². The summed E-state index contributed by atoms with van der Waals surface area (Å²) < 4.78 is 3.00. The lowest BCUT2D eigenvalue weighted by Crippen LogP contribution is -2.51. The lowest BCUT2D eigenvalue weighted by atomic mass is 10.1. The van der Waals surface area contributed by atoms with E-state index in [1.807, 2.05) is 0 Å². The minimum absolute atomic E-state index is 0.0345. The van der Waals surface area contributed by atoms with Crippen LogP contribution in [0.5, 0.6) is 0 Å². The van der Waals surface area contributed by atoms with Crippen LogP contribution in [-0.4, -0.2) is 59.7 Å². The van der Waals surface area contributed by atoms with Crippen LogP contribution in [0.2, 0.25) is 0 Å². The smallest absolute Gasteiger partial charge is 0.358 e. The van der Waals surface area contributed by atoms with Gasteiger partial charge in [0.25, 0.3) is 5.91 Å². The van der Waals surface area contributed by atoms with E-state index >= 15 is 0 Å². The van der Waals surface area contributed by atoms with Crippen LogP contribution >= 0.6 is 0 Å². The number of carboxylic acid groups (broad SMARTS) is 1. The molecular formula is C11H12N6O3. The first kappa shape index (κ1) is 12.3. The third-order valence-corrected chi connectivity index (χ3v) is 3.29. The van der Waals surface area contributed by atoms with Gasteiger partial charge in [-0.25, -0.2) is 9.48 Å². The molecule has 0 radical (unpaired) electrons. The van der Waals surface area contributed by atoms with Crippen LogP contribution in [0.1, 0.15) is 27.0 Å². The number of nitrogens with zero attached hydrogens (tertiary/aromatic N) is 6. The van der Waals surface area contributed by atoms with Crippen LogP contribution in [0.15, 0.2) is 18.5 Å². The molecule has 1 aliphatic rings. The Hall–Kier alpha value is -2.71. The van der Waals surface area contributed by atoms with Crippen molar-refractivity contribution in [3.63, 3.8) is 0 Å². The number of carbonyl (C=O) groups is 2. The average Bonchev–Trinajstić information content (AvgIpc) is 2.95. The van der Waals surface area contributed by atoms with Gasteiger partial charge in [-0.3, -0.25) is 9.48 Å². The van der Waals surface area contributed by atoms with E-state index in [1.165, 1.54) is 15.6 Å². The highest BCUT2D eigenvalue weighted by molar-refractivity contribution is 5.93. The van der Waals surface area contributed by atoms with Gasteiger partial charge in [-0.05, 0) is 6.07 Å². The summed E-state index contributed by atoms with van der Waals surface area (Å²) in [6, 6.07) is 1.63. The van der Waals surface area contributed by atoms with Gasteiger partial charge in [-0.1, -0.05) is 5.21 Å². The predicted molar refractivity (Wildman–Crippen MR) is 65.1 cm³/mol. The van der Waals surface area contributed by atoms with Crippen LogP contribution in [0, 0.1) is 0 Å². The first-order valence-corrected chi connectivity index (χ1v) is 5.98. The summed E-state index contributed by atoms with van der Waals surface area (Å²) in [5.41, 5.74) is 0.426. The minimum atomic E-state index is -1.11. The van der Waals surface area contributed by atoms with E-state index in [-0.39, 0.29) is 17.6 Å². The second-order valence-corrected chi connectivity index (χ2v) is 4.59. The number of carbonyl (C=O) groups excluding carboxylic acids is 1. The molecule has 0 aliphatic carbocycles. The molecule has 3 rings (SSSR count). The molecule has 2 aromatic rings. The molecule has 0 bridgehead atoms. The first-order valence-electron chi connectivity index (χ1n) is 5.98. The molecule has 9 heteroatoms. The zero-order chi connectivity index (χ0) is 14.3. The molecule has 1 amide bonds. The number of hydrogen-bond donors (Lipinski definition) is 1. The van der Waals surface area contributed by atoms with E-state index in [0.717, 1.165) is 0 Å². The Morgan fingerprint density at radius 1 is 1.40 bits per heavy atom. The van der Waals surface area contributed by atoms with Crippen molar-refractivity contribution < 1.29 is 14.7 Å². The van der Waals surface area contributed by atoms with Crippen molar-refractivity contribution in [1.29, 1.82) is 0 Å². The molecule has 0 spiro atoms. The van der Waals surface area contributed by atoms with Gasteiger partial charge in [0, 0.05) is 26.3 Å². The number of likely N-dealkylation sites (tertiary alicyclic amines) is 1. The summed E-state index contributed by atoms with van der Waals surface area (Å²) in [7, 11) is 1.71. The lowest BCUT2D eigenvalue weighted by molar-refractivity contribution is 0.0486. The molecule has 0 saturated carbocycles. The van der Waals surface area contributed by atoms with E-state index in [2.05, 4.69) is 15.4 Å². The minimum Gasteiger partial charge on any atom is -0.476 e. The fraction of sp³-hybridized carbons (Fsp3) is 0.364. The van der Waals surface area contributed by atoms with E-state index in [4.69, 9.17) is 5.11 Å². The van der Waals surface area contributed by atoms with Crippen molar-refractivity contribution in [2.75, 3.05) is 13.1 Å². The third-order valence-electron chi connectivity index (χ3n) is 3.29. The number of rotatable bonds is 3. The van der Waals surface area contributed by atoms with Gasteiger partial charge in [0.05, 0.1) is 12.2 Å². The zero-order valence-electron chi connectivity index (χ0n) is 10.7. The summed E-state index contributed by atoms with van der Waals surface area (Å²) in [4.78, 5) is 24.5. The zero-order valence-corrected chi connectivity index (χ0v) is 10.7. The van der Waals surface area contributed by atoms with E-state index in [9.17, 15) is 9.59 Å². The van der Waals surface area contributed by atoms with Gasteiger partial charge >= 0.3 is 5.97 Å². The van der Waals surface area contributed by atoms with Crippen molar-refractivity contribution in [3.8, 4) is 0 Å². The monoisotopic (exact) mass is 276 g/mol. The van der Waals surface area contributed by atoms with Gasteiger partial charge in [0.15, 0.2) is 5.69 Å². The number of amides is 1. The van der Waals surface area contributed by atoms with Crippen LogP contribution in [0.25, 0.3) is 0 Å². The molecule has 0 atom stereocenters. The molecule has 9 nitrogen and oxygen atoms in total. The maximum Gasteiger partial charge on any atom is 0.358 e. The van der Waals surface area contributed by atoms with E-state index < -0.39 is 5.97 Å². The third kappa shape index (κ3) is 1.92. The number of aryl methyl sites for hydroxylation is 1. The van der Waals surface area contributed by atoms with Crippen LogP contribution in [0.4, 0.5) is 0 Å². The van der Waals surface area contributed by atoms with Crippen molar-refractivity contribution >= 4 is 11.9 Å². The summed E-state index contributed by atoms with van der Waals surface area (Å²) in [6.45, 7) is 0.957. The molecule has 2 aromatic heterocycles. The van der Waals surface area contributed by atoms with Crippen LogP contribution in [0.3, 0.4) is 0 Å². The Labute approximate surface area is 113 Å². The largest absolute Gasteiger partial charge is 0.476 e. The lowest BCUT2D eigenvalue weighted by Gasteiger charge is -2.38. The Bertz CT molecular complexity index is 669. The number of hydrogen-bond acceptors (Lipinski definition) is 5. The molecular weight excluding hydrogens is 264 g/mol. The molecule has 0 unspecified atom stereocenters. The fourth-order valence-electron chi connectivity index (χ4n) is 2.09. The van der Waals surface area contributed by atoms with Gasteiger partial charge in [0.1, 0.15) is 5.69 Å². The van der Waals surface area contributed by atoms with E-state index in [1.54, 1.807) is 24.2 Å². The van der Waals surface area contributed by atoms with Crippen molar-refractivity contribution in [1.82, 2.24) is 29.7 Å². The second-order valence-electron chi connectivity index (χ2n) is 4.59. The highest BCUT2D eigenvalue weighted by atomic mass is 16.4. The highest BCUT2D eigenvalue weighted by Crippen LogP contribution is 2.22. The summed E-state index contributed by atoms with van der Waals surface area (Å²) in [5, 5.41) is 20.0. The number of aromatic nitrogens is 5. The fourth-order valence-corrected chi connectivity index (χ4v) is 2.09. The van der Waals surface area contributed by atoms with Gasteiger partial charge in [-0.15, -0.1) is 5.10 Å².